The fourth-order valence-corrected chi connectivity index (χ4v) is 4.40. The molecule has 0 aliphatic heterocycles. The van der Waals surface area contributed by atoms with Crippen molar-refractivity contribution in [3.8, 4) is 0 Å². The summed E-state index contributed by atoms with van der Waals surface area (Å²) in [5, 5.41) is 0.423. The molecule has 1 heterocycles. The van der Waals surface area contributed by atoms with Gasteiger partial charge in [-0.1, -0.05) is 17.7 Å². The average Bonchev–Trinajstić information content (AvgIpc) is 2.90. The summed E-state index contributed by atoms with van der Waals surface area (Å²) in [6.07, 6.45) is 0.538. The fourth-order valence-electron chi connectivity index (χ4n) is 1.97. The van der Waals surface area contributed by atoms with Crippen LogP contribution in [-0.4, -0.2) is 20.7 Å². The summed E-state index contributed by atoms with van der Waals surface area (Å²) in [5.74, 6) is 0.0198. The Kier molecular flexibility index (Phi) is 5.39. The minimum atomic E-state index is -3.59. The predicted molar refractivity (Wildman–Crippen MR) is 89.4 cm³/mol. The normalized spacial score (nSPS) is 11.6. The minimum absolute atomic E-state index is 0.0198. The highest BCUT2D eigenvalue weighted by atomic mass is 35.5. The average molecular weight is 358 g/mol. The molecule has 0 spiro atoms. The molecule has 1 N–H and O–H groups in total. The molecule has 22 heavy (non-hydrogen) atoms. The van der Waals surface area contributed by atoms with E-state index in [9.17, 15) is 13.2 Å². The van der Waals surface area contributed by atoms with Crippen LogP contribution < -0.4 is 4.72 Å². The van der Waals surface area contributed by atoms with E-state index in [1.165, 1.54) is 24.3 Å². The number of nitrogens with one attached hydrogen (secondary N) is 1. The van der Waals surface area contributed by atoms with E-state index in [-0.39, 0.29) is 17.2 Å². The minimum Gasteiger partial charge on any atom is -0.294 e. The monoisotopic (exact) mass is 357 g/mol. The maximum absolute atomic E-state index is 12.3. The van der Waals surface area contributed by atoms with Crippen molar-refractivity contribution in [2.24, 2.45) is 0 Å². The maximum atomic E-state index is 12.3. The topological polar surface area (TPSA) is 63.2 Å². The number of ketones is 1. The van der Waals surface area contributed by atoms with Crippen LogP contribution in [0, 0.1) is 6.92 Å². The van der Waals surface area contributed by atoms with Crippen molar-refractivity contribution in [3.63, 3.8) is 0 Å². The second kappa shape index (κ2) is 6.91. The van der Waals surface area contributed by atoms with Gasteiger partial charge in [-0.25, -0.2) is 13.1 Å². The summed E-state index contributed by atoms with van der Waals surface area (Å²) in [4.78, 5) is 13.1. The largest absolute Gasteiger partial charge is 0.294 e. The second-order valence-electron chi connectivity index (χ2n) is 4.83. The number of halogens is 1. The van der Waals surface area contributed by atoms with E-state index in [0.29, 0.717) is 21.9 Å². The van der Waals surface area contributed by atoms with Crippen molar-refractivity contribution < 1.29 is 13.2 Å². The molecular weight excluding hydrogens is 342 g/mol. The van der Waals surface area contributed by atoms with E-state index in [1.807, 2.05) is 6.07 Å². The van der Waals surface area contributed by atoms with Crippen LogP contribution in [0.15, 0.2) is 35.2 Å². The first-order valence-electron chi connectivity index (χ1n) is 6.65. The summed E-state index contributed by atoms with van der Waals surface area (Å²) in [6.45, 7) is 3.46. The molecule has 0 atom stereocenters. The zero-order valence-electron chi connectivity index (χ0n) is 12.2. The number of rotatable bonds is 6. The highest BCUT2D eigenvalue weighted by Gasteiger charge is 2.17. The Morgan fingerprint density at radius 1 is 1.27 bits per heavy atom. The van der Waals surface area contributed by atoms with E-state index in [4.69, 9.17) is 11.6 Å². The number of sulfonamides is 1. The van der Waals surface area contributed by atoms with E-state index < -0.39 is 10.0 Å². The lowest BCUT2D eigenvalue weighted by Crippen LogP contribution is -2.26. The quantitative estimate of drug-likeness (QED) is 0.805. The van der Waals surface area contributed by atoms with E-state index >= 15 is 0 Å². The number of hydrogen-bond donors (Lipinski definition) is 1. The molecule has 7 heteroatoms. The Balaban J connectivity index is 2.03. The summed E-state index contributed by atoms with van der Waals surface area (Å²) in [7, 11) is -3.59. The second-order valence-corrected chi connectivity index (χ2v) is 8.14. The van der Waals surface area contributed by atoms with Gasteiger partial charge in [0.05, 0.1) is 9.77 Å². The molecule has 2 rings (SSSR count). The highest BCUT2D eigenvalue weighted by molar-refractivity contribution is 7.89. The van der Waals surface area contributed by atoms with Crippen LogP contribution in [0.1, 0.15) is 27.0 Å². The van der Waals surface area contributed by atoms with Gasteiger partial charge in [-0.15, -0.1) is 11.3 Å². The van der Waals surface area contributed by atoms with Crippen LogP contribution >= 0.6 is 22.9 Å². The summed E-state index contributed by atoms with van der Waals surface area (Å²) >= 11 is 7.35. The molecule has 1 aromatic carbocycles. The van der Waals surface area contributed by atoms with Crippen molar-refractivity contribution in [1.29, 1.82) is 0 Å². The molecule has 0 fully saturated rings. The first-order chi connectivity index (χ1) is 10.3. The Morgan fingerprint density at radius 2 is 2.00 bits per heavy atom. The van der Waals surface area contributed by atoms with Gasteiger partial charge in [0.1, 0.15) is 0 Å². The van der Waals surface area contributed by atoms with Gasteiger partial charge in [-0.3, -0.25) is 4.79 Å². The van der Waals surface area contributed by atoms with Crippen molar-refractivity contribution in [2.75, 3.05) is 6.54 Å². The molecule has 4 nitrogen and oxygen atoms in total. The van der Waals surface area contributed by atoms with E-state index in [2.05, 4.69) is 4.72 Å². The summed E-state index contributed by atoms with van der Waals surface area (Å²) < 4.78 is 27.1. The van der Waals surface area contributed by atoms with E-state index in [1.54, 1.807) is 25.1 Å². The maximum Gasteiger partial charge on any atom is 0.240 e. The fraction of sp³-hybridized carbons (Fsp3) is 0.267. The Morgan fingerprint density at radius 3 is 2.64 bits per heavy atom. The molecule has 0 amide bonds. The Hall–Kier alpha value is -1.21. The van der Waals surface area contributed by atoms with Gasteiger partial charge >= 0.3 is 0 Å². The van der Waals surface area contributed by atoms with E-state index in [0.717, 1.165) is 4.88 Å². The molecule has 0 saturated carbocycles. The number of benzene rings is 1. The third kappa shape index (κ3) is 3.95. The lowest BCUT2D eigenvalue weighted by atomic mass is 10.2. The molecule has 0 aliphatic rings. The van der Waals surface area contributed by atoms with Crippen molar-refractivity contribution in [1.82, 2.24) is 4.72 Å². The molecule has 0 radical (unpaired) electrons. The molecular formula is C15H16ClNO3S2. The van der Waals surface area contributed by atoms with Gasteiger partial charge < -0.3 is 0 Å². The standard InChI is InChI=1S/C15H16ClNO3S2/c1-10-13(16)4-3-5-15(10)22(19,20)17-9-8-12-6-7-14(21-12)11(2)18/h3-7,17H,8-9H2,1-2H3. The molecule has 2 aromatic rings. The van der Waals surface area contributed by atoms with Crippen LogP contribution in [0.4, 0.5) is 0 Å². The molecule has 0 aliphatic carbocycles. The molecule has 0 bridgehead atoms. The van der Waals surface area contributed by atoms with Crippen molar-refractivity contribution in [2.45, 2.75) is 25.2 Å². The number of thiophene rings is 1. The third-order valence-corrected chi connectivity index (χ3v) is 6.44. The van der Waals surface area contributed by atoms with Gasteiger partial charge in [0.2, 0.25) is 10.0 Å². The molecule has 1 aromatic heterocycles. The molecule has 0 saturated heterocycles. The van der Waals surface area contributed by atoms with Crippen LogP contribution in [0.2, 0.25) is 5.02 Å². The van der Waals surface area contributed by atoms with Gasteiger partial charge in [0.25, 0.3) is 0 Å². The van der Waals surface area contributed by atoms with Crippen LogP contribution in [0.25, 0.3) is 0 Å². The number of Topliss-reactive ketones (excluding diaryl/α,β-unsaturated/α-hetero) is 1. The first-order valence-corrected chi connectivity index (χ1v) is 9.33. The lowest BCUT2D eigenvalue weighted by molar-refractivity contribution is 0.102. The summed E-state index contributed by atoms with van der Waals surface area (Å²) in [6, 6.07) is 8.41. The zero-order valence-corrected chi connectivity index (χ0v) is 14.6. The molecule has 0 unspecified atom stereocenters. The van der Waals surface area contributed by atoms with Gasteiger partial charge in [0, 0.05) is 16.4 Å². The zero-order chi connectivity index (χ0) is 16.3. The Labute approximate surface area is 139 Å². The van der Waals surface area contributed by atoms with Crippen LogP contribution in [0.5, 0.6) is 0 Å². The van der Waals surface area contributed by atoms with Gasteiger partial charge in [0.15, 0.2) is 5.78 Å². The Bertz CT molecular complexity index is 797. The molecule has 118 valence electrons. The van der Waals surface area contributed by atoms with Crippen molar-refractivity contribution in [3.05, 3.63) is 50.7 Å². The summed E-state index contributed by atoms with van der Waals surface area (Å²) in [5.41, 5.74) is 0.534. The van der Waals surface area contributed by atoms with Crippen LogP contribution in [-0.2, 0) is 16.4 Å². The van der Waals surface area contributed by atoms with Gasteiger partial charge in [-0.2, -0.15) is 0 Å². The third-order valence-electron chi connectivity index (χ3n) is 3.18. The lowest BCUT2D eigenvalue weighted by Gasteiger charge is -2.09. The predicted octanol–water partition coefficient (Wildman–Crippen LogP) is 3.43. The number of hydrogen-bond acceptors (Lipinski definition) is 4. The number of carbonyl (C=O) groups is 1. The van der Waals surface area contributed by atoms with Crippen LogP contribution in [0.3, 0.4) is 0 Å². The van der Waals surface area contributed by atoms with Crippen molar-refractivity contribution >= 4 is 38.7 Å². The van der Waals surface area contributed by atoms with Gasteiger partial charge in [-0.05, 0) is 50.1 Å². The highest BCUT2D eigenvalue weighted by Crippen LogP contribution is 2.22. The number of carbonyl (C=O) groups excluding carboxylic acids is 1. The first kappa shape index (κ1) is 17.1. The SMILES string of the molecule is CC(=O)c1ccc(CCNS(=O)(=O)c2cccc(Cl)c2C)s1. The smallest absolute Gasteiger partial charge is 0.240 e.